The minimum absolute atomic E-state index is 0. The van der Waals surface area contributed by atoms with Crippen molar-refractivity contribution < 1.29 is 9.47 Å². The Balaban J connectivity index is 0.00000363. The van der Waals surface area contributed by atoms with Gasteiger partial charge in [0, 0.05) is 45.3 Å². The van der Waals surface area contributed by atoms with Crippen LogP contribution in [0.4, 0.5) is 0 Å². The van der Waals surface area contributed by atoms with Crippen LogP contribution in [0.1, 0.15) is 36.1 Å². The Morgan fingerprint density at radius 3 is 2.28 bits per heavy atom. The van der Waals surface area contributed by atoms with Crippen molar-refractivity contribution in [3.63, 3.8) is 0 Å². The molecule has 1 aliphatic rings. The first-order chi connectivity index (χ1) is 15.0. The molecular weight excluding hydrogens is 515 g/mol. The number of morpholine rings is 1. The molecule has 0 bridgehead atoms. The lowest BCUT2D eigenvalue weighted by Gasteiger charge is -2.35. The number of aryl methyl sites for hydroxylation is 1. The van der Waals surface area contributed by atoms with Crippen molar-refractivity contribution in [3.05, 3.63) is 64.7 Å². The van der Waals surface area contributed by atoms with Crippen LogP contribution in [0.25, 0.3) is 0 Å². The molecule has 1 aliphatic heterocycles. The third kappa shape index (κ3) is 7.64. The third-order valence-corrected chi connectivity index (χ3v) is 5.57. The van der Waals surface area contributed by atoms with Gasteiger partial charge in [-0.3, -0.25) is 9.89 Å². The molecule has 176 valence electrons. The molecule has 6 nitrogen and oxygen atoms in total. The molecule has 2 aromatic carbocycles. The Morgan fingerprint density at radius 2 is 1.66 bits per heavy atom. The maximum Gasteiger partial charge on any atom is 0.191 e. The molecule has 32 heavy (non-hydrogen) atoms. The van der Waals surface area contributed by atoms with Crippen molar-refractivity contribution in [2.24, 2.45) is 4.99 Å². The number of hydrogen-bond donors (Lipinski definition) is 2. The molecule has 1 fully saturated rings. The van der Waals surface area contributed by atoms with Gasteiger partial charge in [0.1, 0.15) is 5.75 Å². The maximum atomic E-state index is 5.88. The summed E-state index contributed by atoms with van der Waals surface area (Å²) >= 11 is 0. The van der Waals surface area contributed by atoms with Gasteiger partial charge in [-0.25, -0.2) is 0 Å². The summed E-state index contributed by atoms with van der Waals surface area (Å²) in [7, 11) is 3.50. The molecule has 1 heterocycles. The van der Waals surface area contributed by atoms with E-state index in [9.17, 15) is 0 Å². The highest BCUT2D eigenvalue weighted by atomic mass is 127. The van der Waals surface area contributed by atoms with Gasteiger partial charge in [-0.2, -0.15) is 0 Å². The highest BCUT2D eigenvalue weighted by molar-refractivity contribution is 14.0. The predicted octanol–water partition coefficient (Wildman–Crippen LogP) is 4.10. The van der Waals surface area contributed by atoms with E-state index in [4.69, 9.17) is 9.47 Å². The van der Waals surface area contributed by atoms with Gasteiger partial charge in [-0.05, 0) is 43.5 Å². The molecule has 0 aromatic heterocycles. The van der Waals surface area contributed by atoms with Crippen molar-refractivity contribution >= 4 is 29.9 Å². The van der Waals surface area contributed by atoms with Gasteiger partial charge in [0.15, 0.2) is 5.96 Å². The number of halogens is 1. The smallest absolute Gasteiger partial charge is 0.191 e. The van der Waals surface area contributed by atoms with E-state index < -0.39 is 0 Å². The number of rotatable bonds is 7. The molecule has 2 atom stereocenters. The Hall–Kier alpha value is -1.84. The largest absolute Gasteiger partial charge is 0.496 e. The monoisotopic (exact) mass is 552 g/mol. The fourth-order valence-electron chi connectivity index (χ4n) is 4.11. The summed E-state index contributed by atoms with van der Waals surface area (Å²) < 4.78 is 11.4. The second-order valence-corrected chi connectivity index (χ2v) is 8.31. The van der Waals surface area contributed by atoms with Gasteiger partial charge in [0.05, 0.1) is 19.3 Å². The Kier molecular flexibility index (Phi) is 10.7. The first-order valence-electron chi connectivity index (χ1n) is 11.0. The first kappa shape index (κ1) is 26.4. The number of guanidine groups is 1. The van der Waals surface area contributed by atoms with E-state index in [0.29, 0.717) is 6.54 Å². The van der Waals surface area contributed by atoms with Crippen molar-refractivity contribution in [2.45, 2.75) is 52.6 Å². The summed E-state index contributed by atoms with van der Waals surface area (Å²) in [6, 6.07) is 14.9. The highest BCUT2D eigenvalue weighted by Crippen LogP contribution is 2.20. The van der Waals surface area contributed by atoms with Crippen LogP contribution in [-0.4, -0.2) is 50.3 Å². The maximum absolute atomic E-state index is 5.88. The highest BCUT2D eigenvalue weighted by Gasteiger charge is 2.22. The lowest BCUT2D eigenvalue weighted by atomic mass is 10.1. The SMILES string of the molecule is CN=C(NCc1ccccc1CN1CC(C)OC(C)C1)NCc1ccc(C)cc1OC.I. The van der Waals surface area contributed by atoms with E-state index in [1.54, 1.807) is 14.2 Å². The summed E-state index contributed by atoms with van der Waals surface area (Å²) in [4.78, 5) is 6.86. The Morgan fingerprint density at radius 1 is 1.03 bits per heavy atom. The standard InChI is InChI=1S/C25H36N4O2.HI/c1-18-10-11-22(24(12-18)30-5)14-28-25(26-4)27-13-21-8-6-7-9-23(21)17-29-15-19(2)31-20(3)16-29;/h6-12,19-20H,13-17H2,1-5H3,(H2,26,27,28);1H. The van der Waals surface area contributed by atoms with Crippen LogP contribution in [0.2, 0.25) is 0 Å². The molecule has 0 amide bonds. The molecule has 2 N–H and O–H groups in total. The Bertz CT molecular complexity index is 880. The molecule has 7 heteroatoms. The molecular formula is C25H37IN4O2. The van der Waals surface area contributed by atoms with Crippen LogP contribution in [0.15, 0.2) is 47.5 Å². The van der Waals surface area contributed by atoms with E-state index in [0.717, 1.165) is 43.5 Å². The molecule has 0 spiro atoms. The van der Waals surface area contributed by atoms with Crippen molar-refractivity contribution in [1.82, 2.24) is 15.5 Å². The van der Waals surface area contributed by atoms with Crippen LogP contribution in [0, 0.1) is 6.92 Å². The number of aliphatic imine (C=N–C) groups is 1. The fourth-order valence-corrected chi connectivity index (χ4v) is 4.11. The lowest BCUT2D eigenvalue weighted by Crippen LogP contribution is -2.45. The molecule has 0 aliphatic carbocycles. The Labute approximate surface area is 209 Å². The molecule has 0 saturated carbocycles. The van der Waals surface area contributed by atoms with Gasteiger partial charge in [0.2, 0.25) is 0 Å². The number of nitrogens with zero attached hydrogens (tertiary/aromatic N) is 2. The number of ether oxygens (including phenoxy) is 2. The van der Waals surface area contributed by atoms with E-state index in [1.165, 1.54) is 16.7 Å². The van der Waals surface area contributed by atoms with E-state index in [1.807, 2.05) is 0 Å². The van der Waals surface area contributed by atoms with Crippen molar-refractivity contribution in [3.8, 4) is 5.75 Å². The number of hydrogen-bond acceptors (Lipinski definition) is 4. The third-order valence-electron chi connectivity index (χ3n) is 5.57. The molecule has 0 radical (unpaired) electrons. The molecule has 3 rings (SSSR count). The van der Waals surface area contributed by atoms with Crippen LogP contribution >= 0.6 is 24.0 Å². The lowest BCUT2D eigenvalue weighted by molar-refractivity contribution is -0.0705. The predicted molar refractivity (Wildman–Crippen MR) is 142 cm³/mol. The average Bonchev–Trinajstić information content (AvgIpc) is 2.74. The van der Waals surface area contributed by atoms with Gasteiger partial charge in [0.25, 0.3) is 0 Å². The summed E-state index contributed by atoms with van der Waals surface area (Å²) in [5.41, 5.74) is 4.91. The van der Waals surface area contributed by atoms with Gasteiger partial charge < -0.3 is 20.1 Å². The van der Waals surface area contributed by atoms with Crippen LogP contribution < -0.4 is 15.4 Å². The van der Waals surface area contributed by atoms with Gasteiger partial charge in [-0.15, -0.1) is 24.0 Å². The summed E-state index contributed by atoms with van der Waals surface area (Å²) in [5, 5.41) is 6.85. The topological polar surface area (TPSA) is 58.1 Å². The zero-order valence-corrected chi connectivity index (χ0v) is 22.2. The van der Waals surface area contributed by atoms with E-state index in [2.05, 4.69) is 83.8 Å². The van der Waals surface area contributed by atoms with Crippen LogP contribution in [-0.2, 0) is 24.4 Å². The van der Waals surface area contributed by atoms with Crippen molar-refractivity contribution in [1.29, 1.82) is 0 Å². The van der Waals surface area contributed by atoms with E-state index >= 15 is 0 Å². The second-order valence-electron chi connectivity index (χ2n) is 8.31. The number of benzene rings is 2. The summed E-state index contributed by atoms with van der Waals surface area (Å²) in [6.45, 7) is 10.6. The normalized spacial score (nSPS) is 19.2. The fraction of sp³-hybridized carbons (Fsp3) is 0.480. The zero-order chi connectivity index (χ0) is 22.2. The van der Waals surface area contributed by atoms with Gasteiger partial charge >= 0.3 is 0 Å². The molecule has 2 aromatic rings. The molecule has 1 saturated heterocycles. The summed E-state index contributed by atoms with van der Waals surface area (Å²) in [5.74, 6) is 1.66. The molecule has 2 unspecified atom stereocenters. The average molecular weight is 553 g/mol. The quantitative estimate of drug-likeness (QED) is 0.308. The minimum atomic E-state index is 0. The zero-order valence-electron chi connectivity index (χ0n) is 19.9. The summed E-state index contributed by atoms with van der Waals surface area (Å²) in [6.07, 6.45) is 0.548. The van der Waals surface area contributed by atoms with Crippen LogP contribution in [0.3, 0.4) is 0 Å². The van der Waals surface area contributed by atoms with Gasteiger partial charge in [-0.1, -0.05) is 36.4 Å². The van der Waals surface area contributed by atoms with Crippen LogP contribution in [0.5, 0.6) is 5.75 Å². The second kappa shape index (κ2) is 13.0. The minimum Gasteiger partial charge on any atom is -0.496 e. The first-order valence-corrected chi connectivity index (χ1v) is 11.0. The van der Waals surface area contributed by atoms with E-state index in [-0.39, 0.29) is 36.2 Å². The number of nitrogens with one attached hydrogen (secondary N) is 2. The number of methoxy groups -OCH3 is 1. The van der Waals surface area contributed by atoms with Crippen molar-refractivity contribution in [2.75, 3.05) is 27.2 Å².